The zero-order chi connectivity index (χ0) is 15.7. The van der Waals surface area contributed by atoms with Gasteiger partial charge < -0.3 is 14.6 Å². The van der Waals surface area contributed by atoms with Gasteiger partial charge in [0.1, 0.15) is 5.60 Å². The van der Waals surface area contributed by atoms with E-state index in [-0.39, 0.29) is 6.09 Å². The quantitative estimate of drug-likeness (QED) is 0.780. The number of ether oxygens (including phenoxy) is 1. The number of nitrogens with zero attached hydrogens (tertiary/aromatic N) is 3. The van der Waals surface area contributed by atoms with Crippen LogP contribution in [0.1, 0.15) is 33.6 Å². The molecular weight excluding hydrogens is 298 g/mol. The number of hydrogen-bond acceptors (Lipinski definition) is 5. The molecule has 1 amide bonds. The van der Waals surface area contributed by atoms with E-state index in [1.807, 2.05) is 37.4 Å². The number of thioether (sulfide) groups is 1. The second-order valence-electron chi connectivity index (χ2n) is 7.48. The maximum Gasteiger partial charge on any atom is 0.410 e. The summed E-state index contributed by atoms with van der Waals surface area (Å²) >= 11 is 1.85. The molecule has 3 rings (SSSR count). The van der Waals surface area contributed by atoms with Gasteiger partial charge in [-0.25, -0.2) is 9.80 Å². The fraction of sp³-hybridized carbons (Fsp3) is 0.812. The first-order valence-electron chi connectivity index (χ1n) is 8.20. The Labute approximate surface area is 137 Å². The standard InChI is InChI=1S/C16H27N3O2S/c1-16(2,3)21-15(20)17-9-14(10-17)13-5-4-6-18(11-13)19-7-8-22-12-19/h7-8,13-14H,4-6,9-12H2,1-3H3/t13-/m0/s1. The van der Waals surface area contributed by atoms with Gasteiger partial charge in [-0.3, -0.25) is 0 Å². The number of likely N-dealkylation sites (tertiary alicyclic amines) is 1. The summed E-state index contributed by atoms with van der Waals surface area (Å²) in [5, 5.41) is 6.97. The highest BCUT2D eigenvalue weighted by atomic mass is 32.2. The summed E-state index contributed by atoms with van der Waals surface area (Å²) in [5.74, 6) is 2.38. The number of amides is 1. The van der Waals surface area contributed by atoms with Gasteiger partial charge in [-0.15, -0.1) is 11.8 Å². The van der Waals surface area contributed by atoms with Gasteiger partial charge in [-0.2, -0.15) is 0 Å². The minimum Gasteiger partial charge on any atom is -0.444 e. The lowest BCUT2D eigenvalue weighted by Gasteiger charge is -2.47. The highest BCUT2D eigenvalue weighted by molar-refractivity contribution is 8.02. The molecule has 1 atom stereocenters. The third kappa shape index (κ3) is 3.71. The maximum absolute atomic E-state index is 12.0. The van der Waals surface area contributed by atoms with Crippen molar-refractivity contribution in [1.29, 1.82) is 0 Å². The van der Waals surface area contributed by atoms with E-state index in [0.717, 1.165) is 32.1 Å². The zero-order valence-electron chi connectivity index (χ0n) is 13.8. The van der Waals surface area contributed by atoms with Gasteiger partial charge in [0, 0.05) is 32.4 Å². The van der Waals surface area contributed by atoms with Crippen molar-refractivity contribution in [1.82, 2.24) is 14.9 Å². The van der Waals surface area contributed by atoms with Crippen LogP contribution < -0.4 is 0 Å². The lowest BCUT2D eigenvalue weighted by molar-refractivity contribution is -0.0481. The van der Waals surface area contributed by atoms with E-state index in [1.54, 1.807) is 0 Å². The summed E-state index contributed by atoms with van der Waals surface area (Å²) in [7, 11) is 0. The van der Waals surface area contributed by atoms with Crippen LogP contribution in [-0.2, 0) is 4.74 Å². The summed E-state index contributed by atoms with van der Waals surface area (Å²) in [4.78, 5) is 13.9. The molecule has 0 aromatic rings. The molecule has 3 heterocycles. The fourth-order valence-corrected chi connectivity index (χ4v) is 4.06. The van der Waals surface area contributed by atoms with Crippen molar-refractivity contribution in [2.45, 2.75) is 39.2 Å². The molecule has 2 fully saturated rings. The van der Waals surface area contributed by atoms with Crippen molar-refractivity contribution in [2.24, 2.45) is 11.8 Å². The van der Waals surface area contributed by atoms with Crippen LogP contribution in [0.25, 0.3) is 0 Å². The molecule has 22 heavy (non-hydrogen) atoms. The summed E-state index contributed by atoms with van der Waals surface area (Å²) in [5.41, 5.74) is -0.399. The molecule has 0 radical (unpaired) electrons. The Morgan fingerprint density at radius 3 is 2.64 bits per heavy atom. The number of hydrogen-bond donors (Lipinski definition) is 0. The van der Waals surface area contributed by atoms with Crippen LogP contribution in [0.2, 0.25) is 0 Å². The van der Waals surface area contributed by atoms with Crippen molar-refractivity contribution >= 4 is 17.9 Å². The molecule has 0 N–H and O–H groups in total. The molecule has 0 unspecified atom stereocenters. The normalized spacial score (nSPS) is 27.1. The van der Waals surface area contributed by atoms with E-state index >= 15 is 0 Å². The Kier molecular flexibility index (Phi) is 4.59. The van der Waals surface area contributed by atoms with Crippen molar-refractivity contribution < 1.29 is 9.53 Å². The molecule has 0 aromatic carbocycles. The summed E-state index contributed by atoms with van der Waals surface area (Å²) in [6, 6.07) is 0. The summed E-state index contributed by atoms with van der Waals surface area (Å²) in [6.07, 6.45) is 4.56. The van der Waals surface area contributed by atoms with E-state index in [0.29, 0.717) is 11.8 Å². The van der Waals surface area contributed by atoms with Crippen LogP contribution >= 0.6 is 11.8 Å². The van der Waals surface area contributed by atoms with E-state index in [4.69, 9.17) is 4.74 Å². The predicted octanol–water partition coefficient (Wildman–Crippen LogP) is 2.96. The van der Waals surface area contributed by atoms with Gasteiger partial charge in [0.2, 0.25) is 0 Å². The van der Waals surface area contributed by atoms with Crippen LogP contribution in [0.4, 0.5) is 4.79 Å². The average Bonchev–Trinajstić information content (AvgIpc) is 2.88. The number of rotatable bonds is 2. The topological polar surface area (TPSA) is 36.0 Å². The molecule has 0 saturated carbocycles. The first-order chi connectivity index (χ1) is 10.4. The third-order valence-corrected chi connectivity index (χ3v) is 5.29. The van der Waals surface area contributed by atoms with Crippen LogP contribution in [-0.4, -0.2) is 58.7 Å². The molecule has 0 aliphatic carbocycles. The van der Waals surface area contributed by atoms with Gasteiger partial charge in [-0.05, 0) is 50.9 Å². The number of carbonyl (C=O) groups excluding carboxylic acids is 1. The van der Waals surface area contributed by atoms with Gasteiger partial charge in [0.15, 0.2) is 0 Å². The minimum atomic E-state index is -0.399. The van der Waals surface area contributed by atoms with Crippen molar-refractivity contribution in [3.05, 3.63) is 11.6 Å². The lowest BCUT2D eigenvalue weighted by Crippen LogP contribution is -2.57. The average molecular weight is 325 g/mol. The van der Waals surface area contributed by atoms with Crippen LogP contribution in [0.3, 0.4) is 0 Å². The molecule has 0 spiro atoms. The molecule has 3 aliphatic rings. The lowest BCUT2D eigenvalue weighted by atomic mass is 9.81. The summed E-state index contributed by atoms with van der Waals surface area (Å²) < 4.78 is 5.44. The highest BCUT2D eigenvalue weighted by Gasteiger charge is 2.40. The molecule has 124 valence electrons. The molecular formula is C16H27N3O2S. The minimum absolute atomic E-state index is 0.157. The highest BCUT2D eigenvalue weighted by Crippen LogP contribution is 2.33. The fourth-order valence-electron chi connectivity index (χ4n) is 3.35. The van der Waals surface area contributed by atoms with Crippen LogP contribution in [0.5, 0.6) is 0 Å². The van der Waals surface area contributed by atoms with Crippen LogP contribution in [0.15, 0.2) is 11.6 Å². The molecule has 6 heteroatoms. The van der Waals surface area contributed by atoms with Crippen LogP contribution in [0, 0.1) is 11.8 Å². The third-order valence-electron chi connectivity index (χ3n) is 4.56. The number of carbonyl (C=O) groups is 1. The smallest absolute Gasteiger partial charge is 0.410 e. The SMILES string of the molecule is CC(C)(C)OC(=O)N1CC([C@H]2CCCN(N3C=CSC3)C2)C1. The van der Waals surface area contributed by atoms with Gasteiger partial charge >= 0.3 is 6.09 Å². The Balaban J connectivity index is 1.46. The Bertz CT molecular complexity index is 443. The van der Waals surface area contributed by atoms with E-state index < -0.39 is 5.60 Å². The number of hydrazine groups is 1. The van der Waals surface area contributed by atoms with Gasteiger partial charge in [-0.1, -0.05) is 0 Å². The monoisotopic (exact) mass is 325 g/mol. The predicted molar refractivity (Wildman–Crippen MR) is 89.0 cm³/mol. The molecule has 2 saturated heterocycles. The van der Waals surface area contributed by atoms with E-state index in [2.05, 4.69) is 21.6 Å². The molecule has 0 aromatic heterocycles. The maximum atomic E-state index is 12.0. The first-order valence-corrected chi connectivity index (χ1v) is 9.25. The Morgan fingerprint density at radius 2 is 2.00 bits per heavy atom. The van der Waals surface area contributed by atoms with E-state index in [9.17, 15) is 4.79 Å². The number of piperidine rings is 1. The van der Waals surface area contributed by atoms with Crippen molar-refractivity contribution in [2.75, 3.05) is 32.1 Å². The Hall–Kier alpha value is -0.880. The zero-order valence-corrected chi connectivity index (χ0v) is 14.6. The first kappa shape index (κ1) is 16.0. The summed E-state index contributed by atoms with van der Waals surface area (Å²) in [6.45, 7) is 9.76. The van der Waals surface area contributed by atoms with Crippen molar-refractivity contribution in [3.63, 3.8) is 0 Å². The molecule has 3 aliphatic heterocycles. The second-order valence-corrected chi connectivity index (χ2v) is 8.34. The second kappa shape index (κ2) is 6.32. The van der Waals surface area contributed by atoms with E-state index in [1.165, 1.54) is 12.8 Å². The van der Waals surface area contributed by atoms with Gasteiger partial charge in [0.25, 0.3) is 0 Å². The van der Waals surface area contributed by atoms with Crippen molar-refractivity contribution in [3.8, 4) is 0 Å². The largest absolute Gasteiger partial charge is 0.444 e. The Morgan fingerprint density at radius 1 is 1.23 bits per heavy atom. The molecule has 5 nitrogen and oxygen atoms in total. The van der Waals surface area contributed by atoms with Gasteiger partial charge in [0.05, 0.1) is 5.88 Å². The molecule has 0 bridgehead atoms.